The second kappa shape index (κ2) is 14.0. The van der Waals surface area contributed by atoms with E-state index in [1.165, 1.54) is 11.1 Å². The van der Waals surface area contributed by atoms with Crippen LogP contribution in [0.1, 0.15) is 0 Å². The second-order valence-electron chi connectivity index (χ2n) is 14.5. The predicted octanol–water partition coefficient (Wildman–Crippen LogP) is 14.3. The molecule has 3 aromatic heterocycles. The maximum Gasteiger partial charge on any atom is 0.160 e. The molecule has 4 nitrogen and oxygen atoms in total. The molecule has 0 radical (unpaired) electrons. The van der Waals surface area contributed by atoms with E-state index in [9.17, 15) is 0 Å². The highest BCUT2D eigenvalue weighted by atomic mass is 16.3. The molecule has 8 aromatic carbocycles. The van der Waals surface area contributed by atoms with Gasteiger partial charge in [-0.1, -0.05) is 164 Å². The molecule has 0 amide bonds. The Morgan fingerprint density at radius 3 is 1.52 bits per heavy atom. The Labute approximate surface area is 336 Å². The fourth-order valence-corrected chi connectivity index (χ4v) is 8.27. The molecular formula is C54H35N3O. The van der Waals surface area contributed by atoms with Crippen LogP contribution in [0.2, 0.25) is 0 Å². The first-order chi connectivity index (χ1) is 28.8. The number of hydrogen-bond donors (Lipinski definition) is 0. The van der Waals surface area contributed by atoms with Gasteiger partial charge in [0.2, 0.25) is 0 Å². The number of aromatic nitrogens is 3. The fraction of sp³-hybridized carbons (Fsp3) is 0. The van der Waals surface area contributed by atoms with Gasteiger partial charge in [0.15, 0.2) is 5.82 Å². The summed E-state index contributed by atoms with van der Waals surface area (Å²) in [4.78, 5) is 10.3. The first kappa shape index (κ1) is 33.5. The molecule has 0 spiro atoms. The van der Waals surface area contributed by atoms with Crippen LogP contribution in [0.25, 0.3) is 106 Å². The van der Waals surface area contributed by atoms with Crippen molar-refractivity contribution < 1.29 is 4.42 Å². The highest BCUT2D eigenvalue weighted by Crippen LogP contribution is 2.46. The number of hydrogen-bond acceptors (Lipinski definition) is 3. The minimum atomic E-state index is 0.677. The largest absolute Gasteiger partial charge is 0.455 e. The Morgan fingerprint density at radius 2 is 0.862 bits per heavy atom. The summed E-state index contributed by atoms with van der Waals surface area (Å²) in [6.07, 6.45) is 0. The summed E-state index contributed by atoms with van der Waals surface area (Å²) in [6.45, 7) is 0. The minimum absolute atomic E-state index is 0.677. The van der Waals surface area contributed by atoms with E-state index in [0.29, 0.717) is 5.82 Å². The SMILES string of the molecule is c1ccc(-c2ccc(-c3cc(-c4ccccc4)nc(-c4ccc(-n5c6ccccc6c6c7oc(-c8ccccc8)c(-c8ccccc8)c7ccc65)cc4)n3)cc2)cc1. The van der Waals surface area contributed by atoms with E-state index in [-0.39, 0.29) is 0 Å². The Morgan fingerprint density at radius 1 is 0.362 bits per heavy atom. The third kappa shape index (κ3) is 5.78. The van der Waals surface area contributed by atoms with Crippen molar-refractivity contribution in [3.05, 3.63) is 212 Å². The summed E-state index contributed by atoms with van der Waals surface area (Å²) in [7, 11) is 0. The molecule has 11 rings (SSSR count). The zero-order valence-electron chi connectivity index (χ0n) is 31.5. The van der Waals surface area contributed by atoms with Gasteiger partial charge in [-0.15, -0.1) is 0 Å². The number of rotatable bonds is 7. The van der Waals surface area contributed by atoms with Gasteiger partial charge in [-0.25, -0.2) is 9.97 Å². The van der Waals surface area contributed by atoms with Crippen molar-refractivity contribution in [2.75, 3.05) is 0 Å². The summed E-state index contributed by atoms with van der Waals surface area (Å²) in [5, 5.41) is 3.33. The average Bonchev–Trinajstić information content (AvgIpc) is 3.87. The molecule has 0 aliphatic heterocycles. The van der Waals surface area contributed by atoms with Crippen LogP contribution in [0.4, 0.5) is 0 Å². The molecule has 58 heavy (non-hydrogen) atoms. The Hall–Kier alpha value is -7.82. The van der Waals surface area contributed by atoms with Gasteiger partial charge in [0, 0.05) is 44.3 Å². The smallest absolute Gasteiger partial charge is 0.160 e. The molecule has 4 heteroatoms. The van der Waals surface area contributed by atoms with E-state index in [1.807, 2.05) is 30.3 Å². The summed E-state index contributed by atoms with van der Waals surface area (Å²) < 4.78 is 9.32. The number of fused-ring (bicyclic) bond motifs is 5. The lowest BCUT2D eigenvalue weighted by Crippen LogP contribution is -1.97. The molecule has 11 aromatic rings. The molecule has 0 unspecified atom stereocenters. The lowest BCUT2D eigenvalue weighted by atomic mass is 9.98. The van der Waals surface area contributed by atoms with E-state index in [2.05, 4.69) is 187 Å². The topological polar surface area (TPSA) is 43.9 Å². The van der Waals surface area contributed by atoms with Crippen molar-refractivity contribution in [2.45, 2.75) is 0 Å². The van der Waals surface area contributed by atoms with Crippen molar-refractivity contribution >= 4 is 32.8 Å². The number of nitrogens with zero attached hydrogens (tertiary/aromatic N) is 3. The van der Waals surface area contributed by atoms with Gasteiger partial charge in [-0.2, -0.15) is 0 Å². The lowest BCUT2D eigenvalue weighted by molar-refractivity contribution is 0.636. The van der Waals surface area contributed by atoms with Crippen LogP contribution in [0, 0.1) is 0 Å². The van der Waals surface area contributed by atoms with Crippen molar-refractivity contribution in [3.63, 3.8) is 0 Å². The number of benzene rings is 8. The van der Waals surface area contributed by atoms with Gasteiger partial charge in [-0.3, -0.25) is 0 Å². The molecule has 0 saturated heterocycles. The quantitative estimate of drug-likeness (QED) is 0.163. The number of para-hydroxylation sites is 1. The molecule has 3 heterocycles. The maximum atomic E-state index is 6.98. The van der Waals surface area contributed by atoms with Crippen molar-refractivity contribution in [3.8, 4) is 73.2 Å². The van der Waals surface area contributed by atoms with E-state index in [1.54, 1.807) is 0 Å². The van der Waals surface area contributed by atoms with Crippen LogP contribution in [-0.2, 0) is 0 Å². The summed E-state index contributed by atoms with van der Waals surface area (Å²) in [5.41, 5.74) is 14.6. The van der Waals surface area contributed by atoms with E-state index >= 15 is 0 Å². The van der Waals surface area contributed by atoms with E-state index < -0.39 is 0 Å². The van der Waals surface area contributed by atoms with Crippen LogP contribution >= 0.6 is 0 Å². The minimum Gasteiger partial charge on any atom is -0.455 e. The maximum absolute atomic E-state index is 6.98. The highest BCUT2D eigenvalue weighted by molar-refractivity contribution is 6.22. The standard InChI is InChI=1S/C54H35N3O/c1-5-15-36(16-6-1)37-25-27-39(28-26-37)47-35-46(38-17-7-2-8-18-38)55-54(56-47)42-29-31-43(32-30-42)57-48-24-14-13-23-44(48)51-49(57)34-33-45-50(40-19-9-3-10-20-40)52(58-53(45)51)41-21-11-4-12-22-41/h1-35H. The normalized spacial score (nSPS) is 11.4. The summed E-state index contributed by atoms with van der Waals surface area (Å²) >= 11 is 0. The van der Waals surface area contributed by atoms with Crippen molar-refractivity contribution in [1.29, 1.82) is 0 Å². The summed E-state index contributed by atoms with van der Waals surface area (Å²) in [6, 6.07) is 74.1. The monoisotopic (exact) mass is 741 g/mol. The Bertz CT molecular complexity index is 3220. The molecule has 0 saturated carbocycles. The predicted molar refractivity (Wildman–Crippen MR) is 239 cm³/mol. The van der Waals surface area contributed by atoms with Gasteiger partial charge in [0.25, 0.3) is 0 Å². The summed E-state index contributed by atoms with van der Waals surface area (Å²) in [5.74, 6) is 1.55. The Balaban J connectivity index is 1.04. The first-order valence-electron chi connectivity index (χ1n) is 19.6. The van der Waals surface area contributed by atoms with Gasteiger partial charge in [-0.05, 0) is 65.2 Å². The second-order valence-corrected chi connectivity index (χ2v) is 14.5. The van der Waals surface area contributed by atoms with Crippen LogP contribution in [0.5, 0.6) is 0 Å². The molecule has 0 atom stereocenters. The van der Waals surface area contributed by atoms with Gasteiger partial charge in [0.1, 0.15) is 11.3 Å². The molecule has 0 fully saturated rings. The molecule has 0 aliphatic carbocycles. The lowest BCUT2D eigenvalue weighted by Gasteiger charge is -2.12. The van der Waals surface area contributed by atoms with Crippen LogP contribution in [0.15, 0.2) is 217 Å². The van der Waals surface area contributed by atoms with E-state index in [0.717, 1.165) is 89.0 Å². The van der Waals surface area contributed by atoms with Gasteiger partial charge < -0.3 is 8.98 Å². The fourth-order valence-electron chi connectivity index (χ4n) is 8.27. The molecule has 0 N–H and O–H groups in total. The number of furan rings is 1. The molecule has 0 bridgehead atoms. The van der Waals surface area contributed by atoms with Gasteiger partial charge >= 0.3 is 0 Å². The van der Waals surface area contributed by atoms with E-state index in [4.69, 9.17) is 14.4 Å². The zero-order chi connectivity index (χ0) is 38.4. The third-order valence-corrected chi connectivity index (χ3v) is 11.1. The van der Waals surface area contributed by atoms with Crippen LogP contribution < -0.4 is 0 Å². The molecular weight excluding hydrogens is 707 g/mol. The van der Waals surface area contributed by atoms with Crippen molar-refractivity contribution in [1.82, 2.24) is 14.5 Å². The Kier molecular flexibility index (Phi) is 8.11. The molecule has 0 aliphatic rings. The highest BCUT2D eigenvalue weighted by Gasteiger charge is 2.23. The average molecular weight is 742 g/mol. The van der Waals surface area contributed by atoms with Crippen LogP contribution in [-0.4, -0.2) is 14.5 Å². The van der Waals surface area contributed by atoms with Crippen LogP contribution in [0.3, 0.4) is 0 Å². The third-order valence-electron chi connectivity index (χ3n) is 11.1. The van der Waals surface area contributed by atoms with Crippen molar-refractivity contribution in [2.24, 2.45) is 0 Å². The molecule has 272 valence electrons. The zero-order valence-corrected chi connectivity index (χ0v) is 31.5. The first-order valence-corrected chi connectivity index (χ1v) is 19.6. The van der Waals surface area contributed by atoms with Gasteiger partial charge in [0.05, 0.1) is 27.8 Å².